The summed E-state index contributed by atoms with van der Waals surface area (Å²) in [5, 5.41) is 0. The average Bonchev–Trinajstić information content (AvgIpc) is 1.89. The van der Waals surface area contributed by atoms with Gasteiger partial charge in [-0.1, -0.05) is 13.0 Å². The molecule has 0 radical (unpaired) electrons. The van der Waals surface area contributed by atoms with Gasteiger partial charge in [-0.2, -0.15) is 6.42 Å². The van der Waals surface area contributed by atoms with Crippen molar-refractivity contribution < 1.29 is 25.8 Å². The fraction of sp³-hybridized carbons (Fsp3) is 0.625. The molecule has 0 aromatic rings. The van der Waals surface area contributed by atoms with Crippen molar-refractivity contribution in [3.8, 4) is 0 Å². The maximum atomic E-state index is 5.17. The van der Waals surface area contributed by atoms with Gasteiger partial charge < -0.3 is 11.7 Å². The van der Waals surface area contributed by atoms with Gasteiger partial charge in [-0.05, 0) is 6.42 Å². The standard InChI is InChI=1S/C8H15O.W/c1-3-5-6-8-9-7-4-2;/h5-6H,1,3-4,7-8H2,2H3;/q-1;/b6-5+;. The molecule has 0 aliphatic heterocycles. The molecule has 0 aromatic heterocycles. The first-order valence-corrected chi connectivity index (χ1v) is 3.43. The summed E-state index contributed by atoms with van der Waals surface area (Å²) >= 11 is 0. The van der Waals surface area contributed by atoms with Crippen molar-refractivity contribution in [3.05, 3.63) is 19.1 Å². The number of hydrogen-bond donors (Lipinski definition) is 0. The zero-order valence-corrected chi connectivity index (χ0v) is 9.44. The zero-order chi connectivity index (χ0) is 6.95. The molecule has 0 aliphatic rings. The van der Waals surface area contributed by atoms with Crippen LogP contribution in [0.25, 0.3) is 0 Å². The summed E-state index contributed by atoms with van der Waals surface area (Å²) in [7, 11) is 0. The first kappa shape index (κ1) is 13.0. The predicted molar refractivity (Wildman–Crippen MR) is 40.2 cm³/mol. The van der Waals surface area contributed by atoms with Gasteiger partial charge in [0.05, 0.1) is 6.61 Å². The maximum absolute atomic E-state index is 5.17. The Morgan fingerprint density at radius 3 is 2.60 bits per heavy atom. The van der Waals surface area contributed by atoms with Crippen molar-refractivity contribution in [2.75, 3.05) is 13.2 Å². The van der Waals surface area contributed by atoms with E-state index in [4.69, 9.17) is 4.74 Å². The maximum Gasteiger partial charge on any atom is 0.0646 e. The molecule has 2 heteroatoms. The van der Waals surface area contributed by atoms with Crippen LogP contribution >= 0.6 is 0 Å². The van der Waals surface area contributed by atoms with E-state index in [2.05, 4.69) is 13.8 Å². The minimum atomic E-state index is 0. The van der Waals surface area contributed by atoms with Crippen LogP contribution in [0, 0.1) is 6.92 Å². The second-order valence-corrected chi connectivity index (χ2v) is 1.83. The molecule has 0 saturated carbocycles. The van der Waals surface area contributed by atoms with Crippen molar-refractivity contribution in [1.82, 2.24) is 0 Å². The molecule has 0 amide bonds. The van der Waals surface area contributed by atoms with Crippen LogP contribution in [-0.2, 0) is 25.8 Å². The van der Waals surface area contributed by atoms with Gasteiger partial charge in [-0.15, -0.1) is 6.08 Å². The van der Waals surface area contributed by atoms with Gasteiger partial charge in [0.2, 0.25) is 0 Å². The third-order valence-corrected chi connectivity index (χ3v) is 0.896. The Bertz CT molecular complexity index is 71.7. The normalized spacial score (nSPS) is 9.80. The van der Waals surface area contributed by atoms with Crippen LogP contribution in [0.5, 0.6) is 0 Å². The predicted octanol–water partition coefficient (Wildman–Crippen LogP) is 2.19. The molecule has 0 N–H and O–H groups in total. The molecule has 0 atom stereocenters. The first-order chi connectivity index (χ1) is 4.41. The molecule has 0 aliphatic carbocycles. The Morgan fingerprint density at radius 2 is 2.10 bits per heavy atom. The molecule has 10 heavy (non-hydrogen) atoms. The molecule has 1 nitrogen and oxygen atoms in total. The first-order valence-electron chi connectivity index (χ1n) is 3.43. The minimum absolute atomic E-state index is 0. The van der Waals surface area contributed by atoms with Gasteiger partial charge in [-0.3, -0.25) is 0 Å². The van der Waals surface area contributed by atoms with Gasteiger partial charge in [0.25, 0.3) is 0 Å². The van der Waals surface area contributed by atoms with Crippen molar-refractivity contribution in [1.29, 1.82) is 0 Å². The fourth-order valence-corrected chi connectivity index (χ4v) is 0.482. The molecule has 0 bridgehead atoms. The molecule has 0 aromatic carbocycles. The van der Waals surface area contributed by atoms with Crippen LogP contribution in [-0.4, -0.2) is 13.2 Å². The third-order valence-electron chi connectivity index (χ3n) is 0.896. The van der Waals surface area contributed by atoms with Gasteiger partial charge in [-0.25, -0.2) is 0 Å². The smallest absolute Gasteiger partial charge is 0.0646 e. The Labute approximate surface area is 78.1 Å². The van der Waals surface area contributed by atoms with Crippen LogP contribution in [0.2, 0.25) is 0 Å². The summed E-state index contributed by atoms with van der Waals surface area (Å²) in [5.41, 5.74) is 0. The van der Waals surface area contributed by atoms with Crippen LogP contribution in [0.4, 0.5) is 0 Å². The molecule has 0 spiro atoms. The number of allylic oxidation sites excluding steroid dienone is 1. The molecular formula is C8H15OW-. The Hall–Kier alpha value is 0.388. The summed E-state index contributed by atoms with van der Waals surface area (Å²) in [6.45, 7) is 7.37. The van der Waals surface area contributed by atoms with E-state index >= 15 is 0 Å². The Balaban J connectivity index is 0. The molecule has 0 saturated heterocycles. The summed E-state index contributed by atoms with van der Waals surface area (Å²) in [6, 6.07) is 0. The van der Waals surface area contributed by atoms with Crippen LogP contribution < -0.4 is 0 Å². The Morgan fingerprint density at radius 1 is 1.40 bits per heavy atom. The number of hydrogen-bond acceptors (Lipinski definition) is 1. The van der Waals surface area contributed by atoms with Gasteiger partial charge in [0.1, 0.15) is 0 Å². The van der Waals surface area contributed by atoms with E-state index in [-0.39, 0.29) is 21.1 Å². The number of ether oxygens (including phenoxy) is 1. The van der Waals surface area contributed by atoms with Crippen molar-refractivity contribution in [2.45, 2.75) is 19.8 Å². The average molecular weight is 311 g/mol. The van der Waals surface area contributed by atoms with Crippen molar-refractivity contribution in [3.63, 3.8) is 0 Å². The summed E-state index contributed by atoms with van der Waals surface area (Å²) in [5.74, 6) is 0. The van der Waals surface area contributed by atoms with E-state index in [9.17, 15) is 0 Å². The molecular weight excluding hydrogens is 296 g/mol. The van der Waals surface area contributed by atoms with E-state index in [1.54, 1.807) is 0 Å². The van der Waals surface area contributed by atoms with E-state index in [1.165, 1.54) is 0 Å². The third kappa shape index (κ3) is 11.2. The minimum Gasteiger partial charge on any atom is -0.377 e. The topological polar surface area (TPSA) is 9.23 Å². The van der Waals surface area contributed by atoms with Crippen LogP contribution in [0.3, 0.4) is 0 Å². The van der Waals surface area contributed by atoms with Crippen molar-refractivity contribution >= 4 is 0 Å². The second-order valence-electron chi connectivity index (χ2n) is 1.83. The Kier molecular flexibility index (Phi) is 15.7. The van der Waals surface area contributed by atoms with Gasteiger partial charge in [0.15, 0.2) is 0 Å². The summed E-state index contributed by atoms with van der Waals surface area (Å²) < 4.78 is 5.17. The largest absolute Gasteiger partial charge is 0.377 e. The SMILES string of the molecule is [CH2-]C/C=C/COCCC.[W]. The summed E-state index contributed by atoms with van der Waals surface area (Å²) in [6.07, 6.45) is 5.96. The summed E-state index contributed by atoms with van der Waals surface area (Å²) in [4.78, 5) is 0. The quantitative estimate of drug-likeness (QED) is 0.430. The van der Waals surface area contributed by atoms with Crippen LogP contribution in [0.1, 0.15) is 19.8 Å². The van der Waals surface area contributed by atoms with E-state index in [1.807, 2.05) is 12.2 Å². The van der Waals surface area contributed by atoms with E-state index < -0.39 is 0 Å². The second kappa shape index (κ2) is 12.1. The molecule has 0 rings (SSSR count). The van der Waals surface area contributed by atoms with Crippen LogP contribution in [0.15, 0.2) is 12.2 Å². The van der Waals surface area contributed by atoms with Gasteiger partial charge >= 0.3 is 0 Å². The van der Waals surface area contributed by atoms with Gasteiger partial charge in [0, 0.05) is 27.7 Å². The van der Waals surface area contributed by atoms with Crippen molar-refractivity contribution in [2.24, 2.45) is 0 Å². The van der Waals surface area contributed by atoms with E-state index in [0.29, 0.717) is 0 Å². The molecule has 0 fully saturated rings. The zero-order valence-electron chi connectivity index (χ0n) is 6.51. The van der Waals surface area contributed by atoms with E-state index in [0.717, 1.165) is 26.1 Å². The number of rotatable bonds is 5. The molecule has 60 valence electrons. The molecule has 0 heterocycles. The molecule has 0 unspecified atom stereocenters. The fourth-order valence-electron chi connectivity index (χ4n) is 0.482. The monoisotopic (exact) mass is 311 g/mol.